The van der Waals surface area contributed by atoms with E-state index < -0.39 is 0 Å². The zero-order chi connectivity index (χ0) is 18.2. The molecule has 1 unspecified atom stereocenters. The number of anilines is 1. The van der Waals surface area contributed by atoms with Gasteiger partial charge in [0, 0.05) is 32.4 Å². The van der Waals surface area contributed by atoms with E-state index in [1.54, 1.807) is 0 Å². The minimum absolute atomic E-state index is 0.206. The van der Waals surface area contributed by atoms with Crippen molar-refractivity contribution in [2.45, 2.75) is 52.7 Å². The van der Waals surface area contributed by atoms with Crippen LogP contribution in [0.15, 0.2) is 18.3 Å². The minimum atomic E-state index is -0.380. The van der Waals surface area contributed by atoms with E-state index >= 15 is 0 Å². The number of hydrogen-bond donors (Lipinski definition) is 3. The number of aliphatic hydroxyl groups excluding tert-OH is 1. The molecule has 6 heteroatoms. The molecule has 1 aliphatic rings. The first kappa shape index (κ1) is 19.5. The highest BCUT2D eigenvalue weighted by Crippen LogP contribution is 2.21. The fraction of sp³-hybridized carbons (Fsp3) is 0.684. The molecule has 0 saturated carbocycles. The Labute approximate surface area is 151 Å². The smallest absolute Gasteiger partial charge is 0.315 e. The first-order chi connectivity index (χ1) is 12.0. The summed E-state index contributed by atoms with van der Waals surface area (Å²) < 4.78 is 0. The second kappa shape index (κ2) is 9.61. The van der Waals surface area contributed by atoms with Gasteiger partial charge in [-0.25, -0.2) is 9.78 Å². The van der Waals surface area contributed by atoms with Crippen molar-refractivity contribution < 1.29 is 9.90 Å². The summed E-state index contributed by atoms with van der Waals surface area (Å²) in [6, 6.07) is 3.83. The van der Waals surface area contributed by atoms with Gasteiger partial charge >= 0.3 is 6.03 Å². The van der Waals surface area contributed by atoms with Crippen molar-refractivity contribution in [3.8, 4) is 0 Å². The maximum Gasteiger partial charge on any atom is 0.315 e. The maximum atomic E-state index is 11.8. The number of carbonyl (C=O) groups is 1. The quantitative estimate of drug-likeness (QED) is 0.708. The van der Waals surface area contributed by atoms with Crippen LogP contribution >= 0.6 is 0 Å². The molecule has 1 aromatic rings. The standard InChI is InChI=1S/C19H32N4O2/c1-14(2)17(24)6-9-20-19(25)22-13-16-4-5-18(21-12-16)23-10-7-15(3)8-11-23/h4-5,12,14-15,17,24H,6-11,13H2,1-3H3,(H2,20,22,25). The predicted molar refractivity (Wildman–Crippen MR) is 101 cm³/mol. The highest BCUT2D eigenvalue weighted by Gasteiger charge is 2.16. The van der Waals surface area contributed by atoms with Crippen LogP contribution < -0.4 is 15.5 Å². The van der Waals surface area contributed by atoms with E-state index in [9.17, 15) is 9.90 Å². The summed E-state index contributed by atoms with van der Waals surface area (Å²) in [4.78, 5) is 18.6. The number of nitrogens with one attached hydrogen (secondary N) is 2. The van der Waals surface area contributed by atoms with Crippen molar-refractivity contribution in [1.29, 1.82) is 0 Å². The van der Waals surface area contributed by atoms with Gasteiger partial charge in [0.05, 0.1) is 6.10 Å². The summed E-state index contributed by atoms with van der Waals surface area (Å²) in [7, 11) is 0. The number of hydrogen-bond acceptors (Lipinski definition) is 4. The Kier molecular flexibility index (Phi) is 7.50. The molecule has 2 heterocycles. The summed E-state index contributed by atoms with van der Waals surface area (Å²) >= 11 is 0. The van der Waals surface area contributed by atoms with Crippen molar-refractivity contribution in [3.05, 3.63) is 23.9 Å². The van der Waals surface area contributed by atoms with E-state index in [0.29, 0.717) is 19.5 Å². The molecule has 1 aromatic heterocycles. The number of rotatable bonds is 7. The lowest BCUT2D eigenvalue weighted by molar-refractivity contribution is 0.116. The van der Waals surface area contributed by atoms with Gasteiger partial charge < -0.3 is 20.6 Å². The summed E-state index contributed by atoms with van der Waals surface area (Å²) in [5.41, 5.74) is 0.978. The molecule has 25 heavy (non-hydrogen) atoms. The lowest BCUT2D eigenvalue weighted by Crippen LogP contribution is -2.37. The van der Waals surface area contributed by atoms with Crippen LogP contribution in [0, 0.1) is 11.8 Å². The fourth-order valence-electron chi connectivity index (χ4n) is 2.86. The molecule has 2 amide bonds. The monoisotopic (exact) mass is 348 g/mol. The third kappa shape index (κ3) is 6.53. The number of urea groups is 1. The molecule has 6 nitrogen and oxygen atoms in total. The first-order valence-corrected chi connectivity index (χ1v) is 9.35. The van der Waals surface area contributed by atoms with Crippen LogP contribution in [-0.2, 0) is 6.54 Å². The van der Waals surface area contributed by atoms with Gasteiger partial charge in [-0.1, -0.05) is 26.8 Å². The molecule has 2 rings (SSSR count). The molecule has 3 N–H and O–H groups in total. The van der Waals surface area contributed by atoms with Crippen LogP contribution in [0.2, 0.25) is 0 Å². The van der Waals surface area contributed by atoms with Gasteiger partial charge in [0.1, 0.15) is 5.82 Å². The van der Waals surface area contributed by atoms with Crippen molar-refractivity contribution in [2.75, 3.05) is 24.5 Å². The van der Waals surface area contributed by atoms with Crippen LogP contribution in [0.1, 0.15) is 45.6 Å². The first-order valence-electron chi connectivity index (χ1n) is 9.35. The lowest BCUT2D eigenvalue weighted by Gasteiger charge is -2.31. The van der Waals surface area contributed by atoms with Gasteiger partial charge in [-0.2, -0.15) is 0 Å². The number of aliphatic hydroxyl groups is 1. The Morgan fingerprint density at radius 3 is 2.64 bits per heavy atom. The Hall–Kier alpha value is -1.82. The average Bonchev–Trinajstić information content (AvgIpc) is 2.61. The Morgan fingerprint density at radius 2 is 2.04 bits per heavy atom. The number of aromatic nitrogens is 1. The predicted octanol–water partition coefficient (Wildman–Crippen LogP) is 2.52. The SMILES string of the molecule is CC1CCN(c2ccc(CNC(=O)NCCC(O)C(C)C)cn2)CC1. The molecule has 0 aliphatic carbocycles. The lowest BCUT2D eigenvalue weighted by atomic mass is 9.99. The molecule has 140 valence electrons. The van der Waals surface area contributed by atoms with E-state index in [1.165, 1.54) is 12.8 Å². The number of pyridine rings is 1. The highest BCUT2D eigenvalue weighted by atomic mass is 16.3. The van der Waals surface area contributed by atoms with Crippen LogP contribution in [-0.4, -0.2) is 41.9 Å². The van der Waals surface area contributed by atoms with E-state index in [-0.39, 0.29) is 18.1 Å². The summed E-state index contributed by atoms with van der Waals surface area (Å²) in [6.45, 7) is 9.28. The molecule has 1 fully saturated rings. The van der Waals surface area contributed by atoms with E-state index in [2.05, 4.69) is 27.4 Å². The third-order valence-corrected chi connectivity index (χ3v) is 4.87. The van der Waals surface area contributed by atoms with Crippen molar-refractivity contribution in [1.82, 2.24) is 15.6 Å². The Bertz CT molecular complexity index is 525. The van der Waals surface area contributed by atoms with Crippen LogP contribution in [0.3, 0.4) is 0 Å². The number of nitrogens with zero attached hydrogens (tertiary/aromatic N) is 2. The molecule has 0 spiro atoms. The minimum Gasteiger partial charge on any atom is -0.393 e. The van der Waals surface area contributed by atoms with Gasteiger partial charge in [0.25, 0.3) is 0 Å². The molecule has 1 aliphatic heterocycles. The van der Waals surface area contributed by atoms with Gasteiger partial charge in [-0.15, -0.1) is 0 Å². The van der Waals surface area contributed by atoms with E-state index in [1.807, 2.05) is 32.2 Å². The number of amides is 2. The average molecular weight is 348 g/mol. The molecular weight excluding hydrogens is 316 g/mol. The largest absolute Gasteiger partial charge is 0.393 e. The Morgan fingerprint density at radius 1 is 1.32 bits per heavy atom. The molecule has 1 atom stereocenters. The molecule has 0 aromatic carbocycles. The van der Waals surface area contributed by atoms with E-state index in [4.69, 9.17) is 0 Å². The van der Waals surface area contributed by atoms with Gasteiger partial charge in [-0.05, 0) is 42.7 Å². The van der Waals surface area contributed by atoms with E-state index in [0.717, 1.165) is 30.4 Å². The van der Waals surface area contributed by atoms with Crippen LogP contribution in [0.5, 0.6) is 0 Å². The fourth-order valence-corrected chi connectivity index (χ4v) is 2.86. The van der Waals surface area contributed by atoms with Crippen molar-refractivity contribution >= 4 is 11.8 Å². The molecule has 0 bridgehead atoms. The zero-order valence-electron chi connectivity index (χ0n) is 15.7. The van der Waals surface area contributed by atoms with Crippen LogP contribution in [0.25, 0.3) is 0 Å². The molecular formula is C19H32N4O2. The summed E-state index contributed by atoms with van der Waals surface area (Å²) in [5, 5.41) is 15.3. The number of carbonyl (C=O) groups excluding carboxylic acids is 1. The molecule has 1 saturated heterocycles. The molecule has 0 radical (unpaired) electrons. The van der Waals surface area contributed by atoms with Crippen molar-refractivity contribution in [2.24, 2.45) is 11.8 Å². The second-order valence-corrected chi connectivity index (χ2v) is 7.40. The number of piperidine rings is 1. The highest BCUT2D eigenvalue weighted by molar-refractivity contribution is 5.73. The van der Waals surface area contributed by atoms with Gasteiger partial charge in [0.2, 0.25) is 0 Å². The summed E-state index contributed by atoms with van der Waals surface area (Å²) in [5.74, 6) is 2.03. The third-order valence-electron chi connectivity index (χ3n) is 4.87. The zero-order valence-corrected chi connectivity index (χ0v) is 15.7. The van der Waals surface area contributed by atoms with Gasteiger partial charge in [0.15, 0.2) is 0 Å². The Balaban J connectivity index is 1.69. The van der Waals surface area contributed by atoms with Gasteiger partial charge in [-0.3, -0.25) is 0 Å². The maximum absolute atomic E-state index is 11.8. The topological polar surface area (TPSA) is 77.5 Å². The van der Waals surface area contributed by atoms with Crippen LogP contribution in [0.4, 0.5) is 10.6 Å². The second-order valence-electron chi connectivity index (χ2n) is 7.40. The van der Waals surface area contributed by atoms with Crippen molar-refractivity contribution in [3.63, 3.8) is 0 Å². The summed E-state index contributed by atoms with van der Waals surface area (Å²) in [6.07, 6.45) is 4.45. The normalized spacial score (nSPS) is 16.8.